The molecule has 5 rings (SSSR count). The van der Waals surface area contributed by atoms with E-state index in [0.29, 0.717) is 39.0 Å². The normalized spacial score (nSPS) is 23.5. The number of aliphatic hydroxyl groups excluding tert-OH is 2. The van der Waals surface area contributed by atoms with Crippen molar-refractivity contribution in [1.82, 2.24) is 9.80 Å². The van der Waals surface area contributed by atoms with E-state index >= 15 is 0 Å². The van der Waals surface area contributed by atoms with Gasteiger partial charge in [0.05, 0.1) is 36.7 Å². The van der Waals surface area contributed by atoms with Gasteiger partial charge in [-0.1, -0.05) is 12.2 Å². The molecule has 13 nitrogen and oxygen atoms in total. The molecule has 3 fully saturated rings. The number of hydrogen-bond donors (Lipinski definition) is 4. The van der Waals surface area contributed by atoms with Crippen LogP contribution in [0, 0.1) is 17.7 Å². The van der Waals surface area contributed by atoms with E-state index in [4.69, 9.17) is 25.2 Å². The summed E-state index contributed by atoms with van der Waals surface area (Å²) in [5, 5.41) is 32.5. The third-order valence-electron chi connectivity index (χ3n) is 8.37. The SMILES string of the molecule is O=C(CN1CCN(c2cc(F)ccc2OC2CCCC2)CC1)CN1C(=O)C2CC=CCC2C1=O.O=C(O)C(O)C(O)C(=O)O. The van der Waals surface area contributed by atoms with Crippen LogP contribution in [-0.2, 0) is 24.0 Å². The molecule has 0 bridgehead atoms. The highest BCUT2D eigenvalue weighted by molar-refractivity contribution is 6.07. The maximum Gasteiger partial charge on any atom is 0.335 e. The molecule has 0 spiro atoms. The van der Waals surface area contributed by atoms with Crippen LogP contribution < -0.4 is 9.64 Å². The Balaban J connectivity index is 0.000000382. The Hall–Kier alpha value is -3.88. The van der Waals surface area contributed by atoms with Crippen LogP contribution in [0.2, 0.25) is 0 Å². The van der Waals surface area contributed by atoms with Crippen molar-refractivity contribution in [3.63, 3.8) is 0 Å². The van der Waals surface area contributed by atoms with Gasteiger partial charge in [-0.2, -0.15) is 0 Å². The highest BCUT2D eigenvalue weighted by Crippen LogP contribution is 2.35. The second-order valence-electron chi connectivity index (χ2n) is 11.4. The molecule has 2 saturated heterocycles. The molecule has 4 N–H and O–H groups in total. The summed E-state index contributed by atoms with van der Waals surface area (Å²) in [6.07, 6.45) is 5.11. The van der Waals surface area contributed by atoms with Crippen LogP contribution in [-0.4, -0.2) is 117 Å². The number of carbonyl (C=O) groups is 5. The number of imide groups is 1. The van der Waals surface area contributed by atoms with Gasteiger partial charge in [-0.25, -0.2) is 14.0 Å². The lowest BCUT2D eigenvalue weighted by Gasteiger charge is -2.36. The van der Waals surface area contributed by atoms with Crippen LogP contribution in [0.5, 0.6) is 5.75 Å². The number of aliphatic hydroxyl groups is 2. The summed E-state index contributed by atoms with van der Waals surface area (Å²) in [6, 6.07) is 4.69. The maximum absolute atomic E-state index is 14.0. The summed E-state index contributed by atoms with van der Waals surface area (Å²) in [5.41, 5.74) is 0.766. The Morgan fingerprint density at radius 1 is 0.864 bits per heavy atom. The molecule has 0 radical (unpaired) electrons. The molecule has 240 valence electrons. The molecular formula is C30H38FN3O10. The maximum atomic E-state index is 14.0. The third kappa shape index (κ3) is 7.98. The average Bonchev–Trinajstić information content (AvgIpc) is 3.60. The fourth-order valence-electron chi connectivity index (χ4n) is 5.94. The number of anilines is 1. The van der Waals surface area contributed by atoms with E-state index in [0.717, 1.165) is 24.3 Å². The number of halogens is 1. The van der Waals surface area contributed by atoms with E-state index < -0.39 is 24.1 Å². The molecule has 4 unspecified atom stereocenters. The second kappa shape index (κ2) is 14.7. The number of aliphatic carboxylic acids is 2. The number of likely N-dealkylation sites (tertiary alicyclic amines) is 1. The molecule has 1 aromatic carbocycles. The first-order valence-corrected chi connectivity index (χ1v) is 14.7. The van der Waals surface area contributed by atoms with Gasteiger partial charge < -0.3 is 30.1 Å². The molecule has 1 aromatic rings. The van der Waals surface area contributed by atoms with Crippen molar-refractivity contribution in [3.8, 4) is 5.75 Å². The van der Waals surface area contributed by atoms with Crippen LogP contribution in [0.1, 0.15) is 38.5 Å². The molecule has 0 aromatic heterocycles. The largest absolute Gasteiger partial charge is 0.488 e. The molecule has 44 heavy (non-hydrogen) atoms. The number of carboxylic acid groups (broad SMARTS) is 2. The lowest BCUT2D eigenvalue weighted by molar-refractivity contribution is -0.165. The number of rotatable bonds is 10. The van der Waals surface area contributed by atoms with Crippen molar-refractivity contribution in [3.05, 3.63) is 36.2 Å². The zero-order chi connectivity index (χ0) is 32.0. The van der Waals surface area contributed by atoms with E-state index in [-0.39, 0.29) is 54.4 Å². The van der Waals surface area contributed by atoms with Gasteiger partial charge in [-0.05, 0) is 50.7 Å². The molecule has 1 saturated carbocycles. The van der Waals surface area contributed by atoms with Crippen LogP contribution in [0.4, 0.5) is 10.1 Å². The average molecular weight is 620 g/mol. The number of amides is 2. The number of benzene rings is 1. The van der Waals surface area contributed by atoms with Crippen LogP contribution >= 0.6 is 0 Å². The zero-order valence-electron chi connectivity index (χ0n) is 24.2. The minimum atomic E-state index is -2.27. The number of ether oxygens (including phenoxy) is 1. The van der Waals surface area contributed by atoms with Gasteiger partial charge in [0.15, 0.2) is 18.0 Å². The van der Waals surface area contributed by atoms with Gasteiger partial charge in [-0.15, -0.1) is 0 Å². The van der Waals surface area contributed by atoms with Gasteiger partial charge in [-0.3, -0.25) is 24.2 Å². The van der Waals surface area contributed by atoms with Crippen molar-refractivity contribution < 1.29 is 53.5 Å². The Morgan fingerprint density at radius 2 is 1.41 bits per heavy atom. The number of carboxylic acids is 2. The number of Topliss-reactive ketones (excluding diaryl/α,β-unsaturated/α-hetero) is 1. The molecule has 14 heteroatoms. The summed E-state index contributed by atoms with van der Waals surface area (Å²) in [7, 11) is 0. The monoisotopic (exact) mass is 619 g/mol. The van der Waals surface area contributed by atoms with Crippen molar-refractivity contribution in [2.75, 3.05) is 44.2 Å². The van der Waals surface area contributed by atoms with Crippen LogP contribution in [0.15, 0.2) is 30.4 Å². The highest BCUT2D eigenvalue weighted by Gasteiger charge is 2.47. The summed E-state index contributed by atoms with van der Waals surface area (Å²) < 4.78 is 20.2. The van der Waals surface area contributed by atoms with E-state index in [2.05, 4.69) is 4.90 Å². The van der Waals surface area contributed by atoms with Gasteiger partial charge >= 0.3 is 11.9 Å². The van der Waals surface area contributed by atoms with Crippen LogP contribution in [0.25, 0.3) is 0 Å². The summed E-state index contributed by atoms with van der Waals surface area (Å²) in [4.78, 5) is 62.8. The number of nitrogens with zero attached hydrogens (tertiary/aromatic N) is 3. The highest BCUT2D eigenvalue weighted by atomic mass is 19.1. The number of hydrogen-bond acceptors (Lipinski definition) is 10. The van der Waals surface area contributed by atoms with Gasteiger partial charge in [0.2, 0.25) is 11.8 Å². The predicted octanol–water partition coefficient (Wildman–Crippen LogP) is 0.667. The molecule has 4 atom stereocenters. The first-order valence-electron chi connectivity index (χ1n) is 14.7. The quantitative estimate of drug-likeness (QED) is 0.212. The second-order valence-corrected chi connectivity index (χ2v) is 11.4. The smallest absolute Gasteiger partial charge is 0.335 e. The standard InChI is InChI=1S/C26H32FN3O4.C4H6O6/c27-18-9-10-24(34-20-5-1-2-6-20)23(15-18)29-13-11-28(12-14-29)16-19(31)17-30-25(32)21-7-3-4-8-22(21)26(30)33;5-1(3(7)8)2(6)4(9)10/h3-4,9-10,15,20-22H,1-2,5-8,11-14,16-17H2;1-2,5-6H,(H,7,8)(H,9,10). The Labute approximate surface area is 253 Å². The summed E-state index contributed by atoms with van der Waals surface area (Å²) >= 11 is 0. The first kappa shape index (κ1) is 33.0. The fraction of sp³-hybridized carbons (Fsp3) is 0.567. The van der Waals surface area contributed by atoms with Crippen molar-refractivity contribution >= 4 is 35.2 Å². The summed E-state index contributed by atoms with van der Waals surface area (Å²) in [6.45, 7) is 2.63. The predicted molar refractivity (Wildman–Crippen MR) is 152 cm³/mol. The number of carbonyl (C=O) groups excluding carboxylic acids is 3. The zero-order valence-corrected chi connectivity index (χ0v) is 24.2. The molecule has 2 heterocycles. The van der Waals surface area contributed by atoms with E-state index in [1.165, 1.54) is 29.9 Å². The third-order valence-corrected chi connectivity index (χ3v) is 8.37. The number of piperazine rings is 1. The van der Waals surface area contributed by atoms with Gasteiger partial charge in [0, 0.05) is 32.2 Å². The van der Waals surface area contributed by atoms with Gasteiger partial charge in [0.25, 0.3) is 0 Å². The van der Waals surface area contributed by atoms with E-state index in [1.54, 1.807) is 6.07 Å². The van der Waals surface area contributed by atoms with E-state index in [9.17, 15) is 28.4 Å². The Morgan fingerprint density at radius 3 is 1.93 bits per heavy atom. The fourth-order valence-corrected chi connectivity index (χ4v) is 5.94. The molecule has 4 aliphatic rings. The lowest BCUT2D eigenvalue weighted by Crippen LogP contribution is -2.49. The number of allylic oxidation sites excluding steroid dienone is 2. The van der Waals surface area contributed by atoms with Crippen molar-refractivity contribution in [1.29, 1.82) is 0 Å². The molecule has 2 aliphatic heterocycles. The van der Waals surface area contributed by atoms with Crippen molar-refractivity contribution in [2.45, 2.75) is 56.8 Å². The Kier molecular flexibility index (Phi) is 11.1. The van der Waals surface area contributed by atoms with Gasteiger partial charge in [0.1, 0.15) is 11.6 Å². The number of fused-ring (bicyclic) bond motifs is 1. The first-order chi connectivity index (χ1) is 21.0. The minimum absolute atomic E-state index is 0.127. The minimum Gasteiger partial charge on any atom is -0.488 e. The Bertz CT molecular complexity index is 1230. The molecule has 2 amide bonds. The molecular weight excluding hydrogens is 581 g/mol. The lowest BCUT2D eigenvalue weighted by atomic mass is 9.85. The van der Waals surface area contributed by atoms with E-state index in [1.807, 2.05) is 17.1 Å². The van der Waals surface area contributed by atoms with Crippen molar-refractivity contribution in [2.24, 2.45) is 11.8 Å². The molecule has 2 aliphatic carbocycles. The summed E-state index contributed by atoms with van der Waals surface area (Å²) in [5.74, 6) is -4.26. The number of ketones is 1. The topological polar surface area (TPSA) is 185 Å². The van der Waals surface area contributed by atoms with Crippen LogP contribution in [0.3, 0.4) is 0 Å².